The van der Waals surface area contributed by atoms with Crippen LogP contribution in [0.4, 0.5) is 11.4 Å². The van der Waals surface area contributed by atoms with E-state index in [1.165, 1.54) is 28.2 Å². The van der Waals surface area contributed by atoms with Gasteiger partial charge in [-0.1, -0.05) is 0 Å². The maximum absolute atomic E-state index is 11.5. The van der Waals surface area contributed by atoms with Crippen molar-refractivity contribution < 1.29 is 51.9 Å². The minimum absolute atomic E-state index is 0.386. The second kappa shape index (κ2) is 11.6. The number of hydrogen-bond donors (Lipinski definition) is 2. The minimum atomic E-state index is -4.31. The molecule has 0 spiro atoms. The van der Waals surface area contributed by atoms with Crippen LogP contribution in [0.3, 0.4) is 0 Å². The van der Waals surface area contributed by atoms with Crippen LogP contribution in [0.5, 0.6) is 0 Å². The molecule has 2 aromatic carbocycles. The Bertz CT molecular complexity index is 1330. The van der Waals surface area contributed by atoms with Crippen LogP contribution >= 0.6 is 0 Å². The Morgan fingerprint density at radius 3 is 0.833 bits per heavy atom. The van der Waals surface area contributed by atoms with E-state index in [0.717, 1.165) is 11.1 Å². The average Bonchev–Trinajstić information content (AvgIpc) is 2.64. The molecule has 0 aliphatic heterocycles. The Kier molecular flexibility index (Phi) is 10.9. The molecule has 0 fully saturated rings. The van der Waals surface area contributed by atoms with E-state index in [4.69, 9.17) is 25.9 Å². The van der Waals surface area contributed by atoms with E-state index >= 15 is 0 Å². The van der Waals surface area contributed by atoms with Crippen molar-refractivity contribution in [1.29, 1.82) is 0 Å². The van der Waals surface area contributed by atoms with Gasteiger partial charge in [-0.05, 0) is 35.4 Å². The Labute approximate surface area is 211 Å². The van der Waals surface area contributed by atoms with Gasteiger partial charge >= 0.3 is 20.6 Å². The molecule has 0 saturated carbocycles. The molecule has 2 N–H and O–H groups in total. The zero-order valence-corrected chi connectivity index (χ0v) is 23.4. The fraction of sp³-hybridized carbons (Fsp3) is 0.333. The summed E-state index contributed by atoms with van der Waals surface area (Å²) in [6, 6.07) is 13.2. The van der Waals surface area contributed by atoms with Gasteiger partial charge in [0.1, 0.15) is 11.4 Å². The zero-order chi connectivity index (χ0) is 29.0. The number of nitrogens with zero attached hydrogens (tertiary/aromatic N) is 2. The average molecular weight is 593 g/mol. The summed E-state index contributed by atoms with van der Waals surface area (Å²) in [7, 11) is -11.0. The molecule has 36 heavy (non-hydrogen) atoms. The predicted octanol–water partition coefficient (Wildman–Crippen LogP) is 0.416. The molecule has 0 heterocycles. The van der Waals surface area contributed by atoms with E-state index < -0.39 is 48.6 Å². The fourth-order valence-electron chi connectivity index (χ4n) is 2.29. The van der Waals surface area contributed by atoms with Gasteiger partial charge in [0.25, 0.3) is 0 Å². The van der Waals surface area contributed by atoms with Crippen molar-refractivity contribution in [3.63, 3.8) is 0 Å². The molecule has 14 nitrogen and oxygen atoms in total. The highest BCUT2D eigenvalue weighted by molar-refractivity contribution is 7.85. The highest BCUT2D eigenvalue weighted by Gasteiger charge is 2.34. The molecule has 2 rings (SSSR count). The lowest BCUT2D eigenvalue weighted by Crippen LogP contribution is -2.45. The minimum Gasteiger partial charge on any atom is -0.748 e. The van der Waals surface area contributed by atoms with E-state index in [1.807, 2.05) is 0 Å². The Morgan fingerprint density at radius 2 is 0.694 bits per heavy atom. The maximum Gasteiger partial charge on any atom is 0.437 e. The first-order chi connectivity index (χ1) is 15.7. The van der Waals surface area contributed by atoms with Crippen molar-refractivity contribution in [3.05, 3.63) is 48.5 Å². The molecule has 0 radical (unpaired) electrons. The third-order valence-electron chi connectivity index (χ3n) is 4.47. The summed E-state index contributed by atoms with van der Waals surface area (Å²) in [5.41, 5.74) is 2.34. The SMILES string of the molecule is CS(=O)(=O)[O-].CS(=O)(=O)[O-].C[N+](C)(c1ccc(-c2ccc([N+](C)(C)S(=O)(=O)O)cc2)cc1)S(=O)(=O)O. The Morgan fingerprint density at radius 1 is 0.528 bits per heavy atom. The summed E-state index contributed by atoms with van der Waals surface area (Å²) in [6.45, 7) is 0. The Hall–Kier alpha value is -2.00. The summed E-state index contributed by atoms with van der Waals surface area (Å²) in [5.74, 6) is 0. The first kappa shape index (κ1) is 34.0. The zero-order valence-electron chi connectivity index (χ0n) is 20.1. The third kappa shape index (κ3) is 11.4. The second-order valence-corrected chi connectivity index (χ2v) is 14.5. The van der Waals surface area contributed by atoms with Gasteiger partial charge < -0.3 is 9.11 Å². The van der Waals surface area contributed by atoms with Gasteiger partial charge in [0.2, 0.25) is 0 Å². The van der Waals surface area contributed by atoms with E-state index in [1.54, 1.807) is 48.5 Å². The highest BCUT2D eigenvalue weighted by atomic mass is 32.2. The van der Waals surface area contributed by atoms with E-state index in [-0.39, 0.29) is 0 Å². The van der Waals surface area contributed by atoms with Gasteiger partial charge in [0.15, 0.2) is 0 Å². The van der Waals surface area contributed by atoms with Gasteiger partial charge in [-0.2, -0.15) is 7.78 Å². The number of hydrogen-bond acceptors (Lipinski definition) is 10. The normalized spacial score (nSPS) is 13.1. The molecule has 206 valence electrons. The molecule has 0 atom stereocenters. The van der Waals surface area contributed by atoms with Crippen LogP contribution < -0.4 is 7.78 Å². The van der Waals surface area contributed by atoms with Crippen molar-refractivity contribution in [3.8, 4) is 11.1 Å². The number of benzene rings is 2. The van der Waals surface area contributed by atoms with Gasteiger partial charge in [0, 0.05) is 36.8 Å². The van der Waals surface area contributed by atoms with Crippen LogP contribution in [-0.2, 0) is 40.8 Å². The smallest absolute Gasteiger partial charge is 0.437 e. The topological polar surface area (TPSA) is 223 Å². The van der Waals surface area contributed by atoms with Gasteiger partial charge in [0.05, 0.1) is 48.4 Å². The standard InChI is InChI=1S/C16H20N2O6S2.2CH4O3S/c1-17(2,25(19,20)21)15-9-5-13(6-10-15)14-7-11-16(12-8-14)18(3,4)26(22,23)24;2*1-5(2,3)4/h5-12H,1-4H3;2*1H3,(H,2,3,4). The second-order valence-electron chi connectivity index (χ2n) is 8.10. The summed E-state index contributed by atoms with van der Waals surface area (Å²) in [4.78, 5) is 0. The lowest BCUT2D eigenvalue weighted by Gasteiger charge is -2.24. The molecule has 18 heteroatoms. The fourth-order valence-corrected chi connectivity index (χ4v) is 3.07. The molecule has 0 aliphatic carbocycles. The molecule has 2 aromatic rings. The summed E-state index contributed by atoms with van der Waals surface area (Å²) in [5, 5.41) is 0. The summed E-state index contributed by atoms with van der Waals surface area (Å²) < 4.78 is 118. The van der Waals surface area contributed by atoms with Crippen LogP contribution in [0, 0.1) is 0 Å². The van der Waals surface area contributed by atoms with Crippen LogP contribution in [0.15, 0.2) is 48.5 Å². The summed E-state index contributed by atoms with van der Waals surface area (Å²) in [6.07, 6.45) is 1.21. The Balaban J connectivity index is 0.00000104. The quantitative estimate of drug-likeness (QED) is 0.356. The lowest BCUT2D eigenvalue weighted by molar-refractivity contribution is 0.411. The maximum atomic E-state index is 11.5. The number of quaternary nitrogens is 2. The number of rotatable bonds is 5. The van der Waals surface area contributed by atoms with E-state index in [9.17, 15) is 25.9 Å². The molecule has 0 saturated heterocycles. The molecular weight excluding hydrogens is 564 g/mol. The van der Waals surface area contributed by atoms with Crippen LogP contribution in [0.2, 0.25) is 0 Å². The third-order valence-corrected chi connectivity index (χ3v) is 7.19. The van der Waals surface area contributed by atoms with Crippen molar-refractivity contribution >= 4 is 52.2 Å². The molecule has 0 aliphatic rings. The molecule has 0 bridgehead atoms. The molecule has 0 unspecified atom stereocenters. The van der Waals surface area contributed by atoms with Crippen LogP contribution in [-0.4, -0.2) is 92.6 Å². The van der Waals surface area contributed by atoms with Crippen molar-refractivity contribution in [2.75, 3.05) is 40.7 Å². The lowest BCUT2D eigenvalue weighted by atomic mass is 10.0. The molecular formula is C18H28N2O12S4. The summed E-state index contributed by atoms with van der Waals surface area (Å²) >= 11 is 0. The van der Waals surface area contributed by atoms with Crippen molar-refractivity contribution in [2.45, 2.75) is 0 Å². The largest absolute Gasteiger partial charge is 0.748 e. The first-order valence-corrected chi connectivity index (χ1v) is 15.8. The van der Waals surface area contributed by atoms with Gasteiger partial charge in [-0.15, -0.1) is 16.8 Å². The van der Waals surface area contributed by atoms with Crippen molar-refractivity contribution in [2.24, 2.45) is 0 Å². The van der Waals surface area contributed by atoms with Gasteiger partial charge in [-0.25, -0.2) is 25.9 Å². The van der Waals surface area contributed by atoms with Crippen molar-refractivity contribution in [1.82, 2.24) is 7.78 Å². The van der Waals surface area contributed by atoms with Crippen LogP contribution in [0.25, 0.3) is 11.1 Å². The molecule has 0 aromatic heterocycles. The van der Waals surface area contributed by atoms with Crippen LogP contribution in [0.1, 0.15) is 0 Å². The van der Waals surface area contributed by atoms with E-state index in [2.05, 4.69) is 0 Å². The van der Waals surface area contributed by atoms with E-state index in [0.29, 0.717) is 23.9 Å². The van der Waals surface area contributed by atoms with Gasteiger partial charge in [-0.3, -0.25) is 0 Å². The molecule has 0 amide bonds. The first-order valence-electron chi connectivity index (χ1n) is 9.34. The monoisotopic (exact) mass is 592 g/mol. The highest BCUT2D eigenvalue weighted by Crippen LogP contribution is 2.29. The predicted molar refractivity (Wildman–Crippen MR) is 134 cm³/mol.